The summed E-state index contributed by atoms with van der Waals surface area (Å²) < 4.78 is 5.38. The second-order valence-corrected chi connectivity index (χ2v) is 7.75. The van der Waals surface area contributed by atoms with Crippen LogP contribution < -0.4 is 14.5 Å². The van der Waals surface area contributed by atoms with Crippen molar-refractivity contribution in [3.8, 4) is 5.75 Å². The molecule has 152 valence electrons. The molecule has 1 unspecified atom stereocenters. The van der Waals surface area contributed by atoms with Gasteiger partial charge in [-0.3, -0.25) is 9.59 Å². The second kappa shape index (κ2) is 8.33. The topological polar surface area (TPSA) is 53.1 Å². The van der Waals surface area contributed by atoms with Gasteiger partial charge >= 0.3 is 0 Å². The maximum Gasteiger partial charge on any atom is 0.228 e. The fourth-order valence-corrected chi connectivity index (χ4v) is 4.35. The van der Waals surface area contributed by atoms with Crippen molar-refractivity contribution in [2.75, 3.05) is 49.6 Å². The SMILES string of the molecule is COc1ccccc1N1CC(C(=O)N2CCN(c3ccccc3Cl)CC2)CC1=O. The zero-order valence-electron chi connectivity index (χ0n) is 16.4. The van der Waals surface area contributed by atoms with Crippen LogP contribution in [0.5, 0.6) is 5.75 Å². The average molecular weight is 414 g/mol. The zero-order chi connectivity index (χ0) is 20.4. The van der Waals surface area contributed by atoms with E-state index in [1.807, 2.05) is 53.4 Å². The summed E-state index contributed by atoms with van der Waals surface area (Å²) >= 11 is 6.30. The number of ether oxygens (including phenoxy) is 1. The molecule has 2 heterocycles. The van der Waals surface area contributed by atoms with Crippen LogP contribution in [-0.4, -0.2) is 56.5 Å². The lowest BCUT2D eigenvalue weighted by Crippen LogP contribution is -2.50. The summed E-state index contributed by atoms with van der Waals surface area (Å²) in [6, 6.07) is 15.2. The molecule has 1 atom stereocenters. The molecule has 0 bridgehead atoms. The Labute approximate surface area is 175 Å². The van der Waals surface area contributed by atoms with Gasteiger partial charge in [-0.15, -0.1) is 0 Å². The molecule has 2 aromatic rings. The van der Waals surface area contributed by atoms with Crippen molar-refractivity contribution in [1.29, 1.82) is 0 Å². The third kappa shape index (κ3) is 3.90. The Morgan fingerprint density at radius 1 is 1.00 bits per heavy atom. The number of piperazine rings is 1. The molecule has 2 fully saturated rings. The van der Waals surface area contributed by atoms with Gasteiger partial charge in [0, 0.05) is 39.1 Å². The van der Waals surface area contributed by atoms with Crippen molar-refractivity contribution in [3.05, 3.63) is 53.6 Å². The van der Waals surface area contributed by atoms with Gasteiger partial charge in [0.25, 0.3) is 0 Å². The highest BCUT2D eigenvalue weighted by Crippen LogP contribution is 2.33. The molecule has 2 saturated heterocycles. The fraction of sp³-hybridized carbons (Fsp3) is 0.364. The highest BCUT2D eigenvalue weighted by molar-refractivity contribution is 6.33. The lowest BCUT2D eigenvalue weighted by molar-refractivity contribution is -0.136. The van der Waals surface area contributed by atoms with E-state index in [-0.39, 0.29) is 24.2 Å². The minimum atomic E-state index is -0.320. The molecule has 0 saturated carbocycles. The number of nitrogens with zero attached hydrogens (tertiary/aromatic N) is 3. The average Bonchev–Trinajstić information content (AvgIpc) is 3.15. The summed E-state index contributed by atoms with van der Waals surface area (Å²) in [5, 5.41) is 0.723. The molecule has 0 N–H and O–H groups in total. The molecule has 0 aliphatic carbocycles. The first-order valence-corrected chi connectivity index (χ1v) is 10.2. The molecule has 2 amide bonds. The van der Waals surface area contributed by atoms with Crippen molar-refractivity contribution >= 4 is 34.8 Å². The number of hydrogen-bond acceptors (Lipinski definition) is 4. The lowest BCUT2D eigenvalue weighted by atomic mass is 10.1. The van der Waals surface area contributed by atoms with E-state index in [9.17, 15) is 9.59 Å². The van der Waals surface area contributed by atoms with Gasteiger partial charge in [-0.1, -0.05) is 35.9 Å². The second-order valence-electron chi connectivity index (χ2n) is 7.34. The van der Waals surface area contributed by atoms with E-state index >= 15 is 0 Å². The Kier molecular flexibility index (Phi) is 5.62. The molecule has 29 heavy (non-hydrogen) atoms. The first kappa shape index (κ1) is 19.6. The summed E-state index contributed by atoms with van der Waals surface area (Å²) in [5.41, 5.74) is 1.72. The lowest BCUT2D eigenvalue weighted by Gasteiger charge is -2.37. The summed E-state index contributed by atoms with van der Waals surface area (Å²) in [6.45, 7) is 3.11. The van der Waals surface area contributed by atoms with Crippen molar-refractivity contribution in [2.24, 2.45) is 5.92 Å². The van der Waals surface area contributed by atoms with E-state index in [1.54, 1.807) is 12.0 Å². The molecule has 0 radical (unpaired) electrons. The molecular formula is C22H24ClN3O3. The van der Waals surface area contributed by atoms with Gasteiger partial charge in [0.1, 0.15) is 5.75 Å². The van der Waals surface area contributed by atoms with E-state index in [2.05, 4.69) is 4.90 Å². The first-order valence-electron chi connectivity index (χ1n) is 9.80. The molecule has 2 aromatic carbocycles. The molecular weight excluding hydrogens is 390 g/mol. The third-order valence-electron chi connectivity index (χ3n) is 5.63. The van der Waals surface area contributed by atoms with Crippen LogP contribution in [0.3, 0.4) is 0 Å². The minimum Gasteiger partial charge on any atom is -0.495 e. The van der Waals surface area contributed by atoms with Gasteiger partial charge in [-0.2, -0.15) is 0 Å². The summed E-state index contributed by atoms with van der Waals surface area (Å²) in [6.07, 6.45) is 0.238. The largest absolute Gasteiger partial charge is 0.495 e. The summed E-state index contributed by atoms with van der Waals surface area (Å²) in [5.74, 6) is 0.332. The van der Waals surface area contributed by atoms with E-state index in [0.717, 1.165) is 29.5 Å². The molecule has 4 rings (SSSR count). The number of carbonyl (C=O) groups is 2. The highest BCUT2D eigenvalue weighted by Gasteiger charge is 2.38. The molecule has 6 nitrogen and oxygen atoms in total. The quantitative estimate of drug-likeness (QED) is 0.773. The number of carbonyl (C=O) groups excluding carboxylic acids is 2. The predicted octanol–water partition coefficient (Wildman–Crippen LogP) is 3.05. The Morgan fingerprint density at radius 2 is 1.66 bits per heavy atom. The molecule has 0 spiro atoms. The van der Waals surface area contributed by atoms with Crippen LogP contribution in [0.1, 0.15) is 6.42 Å². The standard InChI is InChI=1S/C22H24ClN3O3/c1-29-20-9-5-4-8-19(20)26-15-16(14-21(26)27)22(28)25-12-10-24(11-13-25)18-7-3-2-6-17(18)23/h2-9,16H,10-15H2,1H3. The normalized spacial score (nSPS) is 19.6. The number of rotatable bonds is 4. The van der Waals surface area contributed by atoms with Crippen LogP contribution in [0.2, 0.25) is 5.02 Å². The van der Waals surface area contributed by atoms with Crippen molar-refractivity contribution < 1.29 is 14.3 Å². The molecule has 7 heteroatoms. The highest BCUT2D eigenvalue weighted by atomic mass is 35.5. The maximum absolute atomic E-state index is 13.1. The Bertz CT molecular complexity index is 912. The number of para-hydroxylation sites is 3. The first-order chi connectivity index (χ1) is 14.1. The minimum absolute atomic E-state index is 0.0393. The summed E-state index contributed by atoms with van der Waals surface area (Å²) in [4.78, 5) is 31.4. The summed E-state index contributed by atoms with van der Waals surface area (Å²) in [7, 11) is 1.58. The number of halogens is 1. The Balaban J connectivity index is 1.40. The van der Waals surface area contributed by atoms with Crippen LogP contribution in [0, 0.1) is 5.92 Å². The van der Waals surface area contributed by atoms with Gasteiger partial charge in [0.05, 0.1) is 29.4 Å². The zero-order valence-corrected chi connectivity index (χ0v) is 17.1. The van der Waals surface area contributed by atoms with E-state index in [1.165, 1.54) is 0 Å². The van der Waals surface area contributed by atoms with Gasteiger partial charge in [0.2, 0.25) is 11.8 Å². The molecule has 2 aliphatic rings. The van der Waals surface area contributed by atoms with Crippen LogP contribution >= 0.6 is 11.6 Å². The number of anilines is 2. The van der Waals surface area contributed by atoms with E-state index in [4.69, 9.17) is 16.3 Å². The van der Waals surface area contributed by atoms with E-state index in [0.29, 0.717) is 25.4 Å². The van der Waals surface area contributed by atoms with Crippen molar-refractivity contribution in [2.45, 2.75) is 6.42 Å². The van der Waals surface area contributed by atoms with Gasteiger partial charge in [-0.05, 0) is 24.3 Å². The predicted molar refractivity (Wildman–Crippen MR) is 114 cm³/mol. The smallest absolute Gasteiger partial charge is 0.228 e. The number of benzene rings is 2. The van der Waals surface area contributed by atoms with E-state index < -0.39 is 0 Å². The van der Waals surface area contributed by atoms with Crippen molar-refractivity contribution in [3.63, 3.8) is 0 Å². The number of methoxy groups -OCH3 is 1. The monoisotopic (exact) mass is 413 g/mol. The van der Waals surface area contributed by atoms with Crippen LogP contribution in [0.15, 0.2) is 48.5 Å². The van der Waals surface area contributed by atoms with Crippen LogP contribution in [0.4, 0.5) is 11.4 Å². The van der Waals surface area contributed by atoms with Crippen LogP contribution in [0.25, 0.3) is 0 Å². The Hall–Kier alpha value is -2.73. The van der Waals surface area contributed by atoms with Crippen LogP contribution in [-0.2, 0) is 9.59 Å². The third-order valence-corrected chi connectivity index (χ3v) is 5.95. The molecule has 2 aliphatic heterocycles. The maximum atomic E-state index is 13.1. The number of amides is 2. The number of hydrogen-bond donors (Lipinski definition) is 0. The molecule has 0 aromatic heterocycles. The van der Waals surface area contributed by atoms with Gasteiger partial charge in [-0.25, -0.2) is 0 Å². The van der Waals surface area contributed by atoms with Gasteiger partial charge in [0.15, 0.2) is 0 Å². The van der Waals surface area contributed by atoms with Gasteiger partial charge < -0.3 is 19.4 Å². The Morgan fingerprint density at radius 3 is 2.34 bits per heavy atom. The van der Waals surface area contributed by atoms with Crippen molar-refractivity contribution in [1.82, 2.24) is 4.90 Å². The fourth-order valence-electron chi connectivity index (χ4n) is 4.09.